The lowest BCUT2D eigenvalue weighted by molar-refractivity contribution is 0.0568. The molecule has 3 aromatic rings. The fourth-order valence-corrected chi connectivity index (χ4v) is 3.04. The van der Waals surface area contributed by atoms with E-state index < -0.39 is 0 Å². The molecule has 0 spiro atoms. The topological polar surface area (TPSA) is 59.2 Å². The van der Waals surface area contributed by atoms with E-state index in [0.717, 1.165) is 22.3 Å². The van der Waals surface area contributed by atoms with Crippen molar-refractivity contribution in [3.63, 3.8) is 0 Å². The lowest BCUT2D eigenvalue weighted by Gasteiger charge is -2.37. The number of hydrogen-bond donors (Lipinski definition) is 0. The number of aromatic nitrogens is 2. The Bertz CT molecular complexity index is 912. The van der Waals surface area contributed by atoms with Crippen LogP contribution in [0.5, 0.6) is 0 Å². The highest BCUT2D eigenvalue weighted by molar-refractivity contribution is 5.96. The summed E-state index contributed by atoms with van der Waals surface area (Å²) in [5.41, 5.74) is 3.80. The van der Waals surface area contributed by atoms with E-state index in [-0.39, 0.29) is 11.8 Å². The molecule has 1 aliphatic rings. The Morgan fingerprint density at radius 3 is 2.64 bits per heavy atom. The number of benzene rings is 2. The van der Waals surface area contributed by atoms with E-state index in [1.54, 1.807) is 0 Å². The van der Waals surface area contributed by atoms with Crippen molar-refractivity contribution in [2.75, 3.05) is 13.1 Å². The third kappa shape index (κ3) is 2.93. The van der Waals surface area contributed by atoms with Gasteiger partial charge >= 0.3 is 0 Å². The lowest BCUT2D eigenvalue weighted by atomic mass is 9.97. The minimum atomic E-state index is 0.0697. The summed E-state index contributed by atoms with van der Waals surface area (Å²) >= 11 is 0. The predicted octanol–water partition coefficient (Wildman–Crippen LogP) is 3.59. The van der Waals surface area contributed by atoms with Crippen LogP contribution in [-0.2, 0) is 0 Å². The molecule has 2 aromatic carbocycles. The van der Waals surface area contributed by atoms with Gasteiger partial charge in [0, 0.05) is 24.2 Å². The first kappa shape index (κ1) is 15.6. The van der Waals surface area contributed by atoms with E-state index in [1.807, 2.05) is 67.3 Å². The minimum Gasteiger partial charge on any atom is -0.339 e. The summed E-state index contributed by atoms with van der Waals surface area (Å²) in [5.74, 6) is 1.37. The number of nitrogens with zero attached hydrogens (tertiary/aromatic N) is 3. The van der Waals surface area contributed by atoms with Gasteiger partial charge in [0.1, 0.15) is 0 Å². The number of aryl methyl sites for hydroxylation is 2. The standard InChI is InChI=1S/C20H19N3O2/c1-13-8-9-14(2)17(10-13)20(24)23-11-16(12-23)19-21-18(22-25-19)15-6-4-3-5-7-15/h3-10,16H,11-12H2,1-2H3. The second kappa shape index (κ2) is 6.16. The van der Waals surface area contributed by atoms with Gasteiger partial charge in [0.15, 0.2) is 0 Å². The normalized spacial score (nSPS) is 14.4. The maximum absolute atomic E-state index is 12.7. The number of rotatable bonds is 3. The van der Waals surface area contributed by atoms with Gasteiger partial charge in [-0.1, -0.05) is 53.2 Å². The SMILES string of the molecule is Cc1ccc(C)c(C(=O)N2CC(c3nc(-c4ccccc4)no3)C2)c1. The van der Waals surface area contributed by atoms with Crippen LogP contribution >= 0.6 is 0 Å². The third-order valence-electron chi connectivity index (χ3n) is 4.62. The van der Waals surface area contributed by atoms with E-state index in [1.165, 1.54) is 0 Å². The first-order valence-electron chi connectivity index (χ1n) is 8.37. The van der Waals surface area contributed by atoms with Crippen molar-refractivity contribution in [1.29, 1.82) is 0 Å². The second-order valence-corrected chi connectivity index (χ2v) is 6.55. The Morgan fingerprint density at radius 2 is 1.88 bits per heavy atom. The fraction of sp³-hybridized carbons (Fsp3) is 0.250. The number of carbonyl (C=O) groups is 1. The summed E-state index contributed by atoms with van der Waals surface area (Å²) in [4.78, 5) is 19.0. The molecule has 4 rings (SSSR count). The Morgan fingerprint density at radius 1 is 1.12 bits per heavy atom. The maximum atomic E-state index is 12.7. The van der Waals surface area contributed by atoms with Crippen molar-refractivity contribution in [2.24, 2.45) is 0 Å². The molecule has 0 saturated carbocycles. The molecule has 5 nitrogen and oxygen atoms in total. The van der Waals surface area contributed by atoms with E-state index in [9.17, 15) is 4.79 Å². The monoisotopic (exact) mass is 333 g/mol. The Balaban J connectivity index is 1.45. The van der Waals surface area contributed by atoms with Crippen LogP contribution in [0.3, 0.4) is 0 Å². The van der Waals surface area contributed by atoms with E-state index in [0.29, 0.717) is 24.8 Å². The van der Waals surface area contributed by atoms with Crippen LogP contribution in [0.25, 0.3) is 11.4 Å². The molecule has 126 valence electrons. The first-order valence-corrected chi connectivity index (χ1v) is 8.37. The van der Waals surface area contributed by atoms with Gasteiger partial charge in [0.2, 0.25) is 11.7 Å². The van der Waals surface area contributed by atoms with Crippen LogP contribution in [0.15, 0.2) is 53.1 Å². The molecule has 1 fully saturated rings. The molecular weight excluding hydrogens is 314 g/mol. The molecule has 1 aliphatic heterocycles. The van der Waals surface area contributed by atoms with Gasteiger partial charge in [-0.15, -0.1) is 0 Å². The molecule has 5 heteroatoms. The summed E-state index contributed by atoms with van der Waals surface area (Å²) in [6, 6.07) is 15.7. The first-order chi connectivity index (χ1) is 12.1. The number of hydrogen-bond acceptors (Lipinski definition) is 4. The van der Waals surface area contributed by atoms with Gasteiger partial charge in [-0.25, -0.2) is 0 Å². The second-order valence-electron chi connectivity index (χ2n) is 6.55. The van der Waals surface area contributed by atoms with Crippen molar-refractivity contribution in [2.45, 2.75) is 19.8 Å². The highest BCUT2D eigenvalue weighted by atomic mass is 16.5. The van der Waals surface area contributed by atoms with Gasteiger partial charge in [-0.2, -0.15) is 4.98 Å². The van der Waals surface area contributed by atoms with Gasteiger partial charge in [0.05, 0.1) is 5.92 Å². The fourth-order valence-electron chi connectivity index (χ4n) is 3.04. The molecule has 1 saturated heterocycles. The van der Waals surface area contributed by atoms with Gasteiger partial charge < -0.3 is 9.42 Å². The van der Waals surface area contributed by atoms with Crippen LogP contribution < -0.4 is 0 Å². The molecule has 25 heavy (non-hydrogen) atoms. The van der Waals surface area contributed by atoms with Gasteiger partial charge in [-0.05, 0) is 25.5 Å². The van der Waals surface area contributed by atoms with Crippen molar-refractivity contribution >= 4 is 5.91 Å². The Hall–Kier alpha value is -2.95. The number of amides is 1. The van der Waals surface area contributed by atoms with Gasteiger partial charge in [0.25, 0.3) is 5.91 Å². The average molecular weight is 333 g/mol. The predicted molar refractivity (Wildman–Crippen MR) is 94.3 cm³/mol. The van der Waals surface area contributed by atoms with Crippen LogP contribution in [0.2, 0.25) is 0 Å². The van der Waals surface area contributed by atoms with E-state index in [4.69, 9.17) is 4.52 Å². The van der Waals surface area contributed by atoms with Crippen LogP contribution in [0.1, 0.15) is 33.3 Å². The minimum absolute atomic E-state index is 0.0697. The molecule has 1 aromatic heterocycles. The molecule has 0 N–H and O–H groups in total. The third-order valence-corrected chi connectivity index (χ3v) is 4.62. The maximum Gasteiger partial charge on any atom is 0.254 e. The van der Waals surface area contributed by atoms with Crippen LogP contribution in [0, 0.1) is 13.8 Å². The molecule has 1 amide bonds. The van der Waals surface area contributed by atoms with E-state index >= 15 is 0 Å². The quantitative estimate of drug-likeness (QED) is 0.735. The molecular formula is C20H19N3O2. The van der Waals surface area contributed by atoms with E-state index in [2.05, 4.69) is 10.1 Å². The zero-order chi connectivity index (χ0) is 17.4. The Kier molecular flexibility index (Phi) is 3.84. The zero-order valence-corrected chi connectivity index (χ0v) is 14.3. The molecule has 0 bridgehead atoms. The zero-order valence-electron chi connectivity index (χ0n) is 14.3. The summed E-state index contributed by atoms with van der Waals surface area (Å²) in [6.45, 7) is 5.19. The highest BCUT2D eigenvalue weighted by Gasteiger charge is 2.36. The molecule has 2 heterocycles. The van der Waals surface area contributed by atoms with Crippen LogP contribution in [-0.4, -0.2) is 34.0 Å². The summed E-state index contributed by atoms with van der Waals surface area (Å²) < 4.78 is 5.40. The summed E-state index contributed by atoms with van der Waals surface area (Å²) in [5, 5.41) is 4.05. The summed E-state index contributed by atoms with van der Waals surface area (Å²) in [6.07, 6.45) is 0. The summed E-state index contributed by atoms with van der Waals surface area (Å²) in [7, 11) is 0. The van der Waals surface area contributed by atoms with Crippen LogP contribution in [0.4, 0.5) is 0 Å². The lowest BCUT2D eigenvalue weighted by Crippen LogP contribution is -2.48. The van der Waals surface area contributed by atoms with Crippen molar-refractivity contribution in [3.05, 3.63) is 71.1 Å². The average Bonchev–Trinajstić information content (AvgIpc) is 3.06. The van der Waals surface area contributed by atoms with Crippen molar-refractivity contribution < 1.29 is 9.32 Å². The number of likely N-dealkylation sites (tertiary alicyclic amines) is 1. The number of carbonyl (C=O) groups excluding carboxylic acids is 1. The van der Waals surface area contributed by atoms with Crippen molar-refractivity contribution in [1.82, 2.24) is 15.0 Å². The Labute approximate surface area is 146 Å². The molecule has 0 radical (unpaired) electrons. The smallest absolute Gasteiger partial charge is 0.254 e. The molecule has 0 atom stereocenters. The molecule has 0 aliphatic carbocycles. The highest BCUT2D eigenvalue weighted by Crippen LogP contribution is 2.29. The van der Waals surface area contributed by atoms with Gasteiger partial charge in [-0.3, -0.25) is 4.79 Å². The molecule has 0 unspecified atom stereocenters. The van der Waals surface area contributed by atoms with Crippen molar-refractivity contribution in [3.8, 4) is 11.4 Å². The largest absolute Gasteiger partial charge is 0.339 e.